The lowest BCUT2D eigenvalue weighted by molar-refractivity contribution is -0.384. The number of nitro benzene ring substituents is 1. The number of non-ortho nitro benzene ring substituents is 1. The van der Waals surface area contributed by atoms with Crippen LogP contribution in [0.1, 0.15) is 16.7 Å². The van der Waals surface area contributed by atoms with Crippen LogP contribution in [0.15, 0.2) is 54.6 Å². The van der Waals surface area contributed by atoms with Crippen molar-refractivity contribution < 1.29 is 9.72 Å². The van der Waals surface area contributed by atoms with Gasteiger partial charge in [0.2, 0.25) is 5.91 Å². The van der Waals surface area contributed by atoms with Crippen molar-refractivity contribution in [2.75, 3.05) is 6.54 Å². The van der Waals surface area contributed by atoms with Crippen LogP contribution in [0.3, 0.4) is 0 Å². The number of hydrogen-bond acceptors (Lipinski definition) is 3. The number of fused-ring (bicyclic) bond motifs is 1. The van der Waals surface area contributed by atoms with E-state index in [1.165, 1.54) is 29.3 Å². The monoisotopic (exact) mass is 308 g/mol. The predicted molar refractivity (Wildman–Crippen MR) is 87.7 cm³/mol. The molecule has 0 spiro atoms. The molecule has 0 saturated carbocycles. The zero-order valence-electron chi connectivity index (χ0n) is 12.5. The molecule has 116 valence electrons. The lowest BCUT2D eigenvalue weighted by Gasteiger charge is -2.27. The number of nitrogens with zero attached hydrogens (tertiary/aromatic N) is 2. The molecule has 3 rings (SSSR count). The van der Waals surface area contributed by atoms with Gasteiger partial charge in [-0.15, -0.1) is 0 Å². The average molecular weight is 308 g/mol. The van der Waals surface area contributed by atoms with E-state index in [4.69, 9.17) is 0 Å². The van der Waals surface area contributed by atoms with Crippen molar-refractivity contribution in [3.8, 4) is 0 Å². The van der Waals surface area contributed by atoms with Crippen molar-refractivity contribution >= 4 is 17.7 Å². The third-order valence-electron chi connectivity index (χ3n) is 3.94. The maximum atomic E-state index is 12.3. The Balaban J connectivity index is 1.70. The molecule has 0 aliphatic carbocycles. The summed E-state index contributed by atoms with van der Waals surface area (Å²) in [7, 11) is 0. The molecule has 23 heavy (non-hydrogen) atoms. The number of rotatable bonds is 3. The second-order valence-corrected chi connectivity index (χ2v) is 5.46. The maximum Gasteiger partial charge on any atom is 0.270 e. The summed E-state index contributed by atoms with van der Waals surface area (Å²) in [6, 6.07) is 14.4. The summed E-state index contributed by atoms with van der Waals surface area (Å²) >= 11 is 0. The smallest absolute Gasteiger partial charge is 0.270 e. The Morgan fingerprint density at radius 2 is 1.91 bits per heavy atom. The van der Waals surface area contributed by atoms with Crippen LogP contribution in [0.4, 0.5) is 5.69 Å². The van der Waals surface area contributed by atoms with Gasteiger partial charge in [0.05, 0.1) is 4.92 Å². The zero-order valence-corrected chi connectivity index (χ0v) is 12.5. The Bertz CT molecular complexity index is 783. The number of nitro groups is 1. The van der Waals surface area contributed by atoms with E-state index in [9.17, 15) is 14.9 Å². The molecule has 5 nitrogen and oxygen atoms in total. The van der Waals surface area contributed by atoms with Crippen LogP contribution in [-0.2, 0) is 17.8 Å². The van der Waals surface area contributed by atoms with E-state index in [1.807, 2.05) is 18.2 Å². The highest BCUT2D eigenvalue weighted by molar-refractivity contribution is 5.92. The van der Waals surface area contributed by atoms with Crippen molar-refractivity contribution in [3.63, 3.8) is 0 Å². The predicted octanol–water partition coefficient (Wildman–Crippen LogP) is 3.19. The Kier molecular flexibility index (Phi) is 4.19. The molecule has 0 unspecified atom stereocenters. The van der Waals surface area contributed by atoms with Gasteiger partial charge in [-0.25, -0.2) is 0 Å². The van der Waals surface area contributed by atoms with Crippen molar-refractivity contribution in [2.24, 2.45) is 0 Å². The summed E-state index contributed by atoms with van der Waals surface area (Å²) in [6.07, 6.45) is 3.95. The van der Waals surface area contributed by atoms with E-state index in [2.05, 4.69) is 6.07 Å². The Hall–Kier alpha value is -2.95. The van der Waals surface area contributed by atoms with E-state index in [-0.39, 0.29) is 11.6 Å². The van der Waals surface area contributed by atoms with Gasteiger partial charge in [-0.1, -0.05) is 36.4 Å². The van der Waals surface area contributed by atoms with Crippen LogP contribution >= 0.6 is 0 Å². The zero-order chi connectivity index (χ0) is 16.2. The quantitative estimate of drug-likeness (QED) is 0.497. The fourth-order valence-electron chi connectivity index (χ4n) is 2.70. The van der Waals surface area contributed by atoms with Crippen LogP contribution in [-0.4, -0.2) is 22.3 Å². The van der Waals surface area contributed by atoms with E-state index in [1.54, 1.807) is 23.1 Å². The summed E-state index contributed by atoms with van der Waals surface area (Å²) < 4.78 is 0. The lowest BCUT2D eigenvalue weighted by Crippen LogP contribution is -2.34. The number of hydrogen-bond donors (Lipinski definition) is 0. The standard InChI is InChI=1S/C18H16N2O3/c21-18(9-8-14-4-3-7-17(12-14)20(22)23)19-11-10-15-5-1-2-6-16(15)13-19/h1-9,12H,10-11,13H2. The second kappa shape index (κ2) is 6.44. The Labute approximate surface area is 134 Å². The number of amides is 1. The molecule has 1 aliphatic rings. The van der Waals surface area contributed by atoms with Gasteiger partial charge in [0.25, 0.3) is 5.69 Å². The average Bonchev–Trinajstić information content (AvgIpc) is 2.59. The molecule has 0 N–H and O–H groups in total. The topological polar surface area (TPSA) is 63.4 Å². The minimum absolute atomic E-state index is 0.0199. The van der Waals surface area contributed by atoms with Crippen molar-refractivity contribution in [2.45, 2.75) is 13.0 Å². The molecule has 2 aromatic carbocycles. The molecule has 1 heterocycles. The molecule has 0 aromatic heterocycles. The largest absolute Gasteiger partial charge is 0.334 e. The summed E-state index contributed by atoms with van der Waals surface area (Å²) in [6.45, 7) is 1.30. The van der Waals surface area contributed by atoms with Gasteiger partial charge in [-0.05, 0) is 29.2 Å². The summed E-state index contributed by atoms with van der Waals surface area (Å²) in [5.74, 6) is -0.0778. The minimum atomic E-state index is -0.444. The van der Waals surface area contributed by atoms with Gasteiger partial charge in [0, 0.05) is 31.3 Å². The van der Waals surface area contributed by atoms with Gasteiger partial charge in [0.1, 0.15) is 0 Å². The van der Waals surface area contributed by atoms with Gasteiger partial charge in [-0.2, -0.15) is 0 Å². The fraction of sp³-hybridized carbons (Fsp3) is 0.167. The van der Waals surface area contributed by atoms with Gasteiger partial charge < -0.3 is 4.90 Å². The third-order valence-corrected chi connectivity index (χ3v) is 3.94. The Morgan fingerprint density at radius 1 is 1.13 bits per heavy atom. The molecule has 1 amide bonds. The van der Waals surface area contributed by atoms with Crippen LogP contribution < -0.4 is 0 Å². The number of carbonyl (C=O) groups is 1. The minimum Gasteiger partial charge on any atom is -0.334 e. The molecule has 5 heteroatoms. The highest BCUT2D eigenvalue weighted by Crippen LogP contribution is 2.19. The molecule has 0 bridgehead atoms. The first-order chi connectivity index (χ1) is 11.1. The van der Waals surface area contributed by atoms with Crippen molar-refractivity contribution in [1.82, 2.24) is 4.90 Å². The maximum absolute atomic E-state index is 12.3. The molecule has 0 atom stereocenters. The normalized spacial score (nSPS) is 13.8. The number of benzene rings is 2. The highest BCUT2D eigenvalue weighted by atomic mass is 16.6. The first-order valence-corrected chi connectivity index (χ1v) is 7.42. The summed E-state index contributed by atoms with van der Waals surface area (Å²) in [4.78, 5) is 24.4. The van der Waals surface area contributed by atoms with E-state index < -0.39 is 4.92 Å². The van der Waals surface area contributed by atoms with Gasteiger partial charge in [0.15, 0.2) is 0 Å². The van der Waals surface area contributed by atoms with Crippen LogP contribution in [0, 0.1) is 10.1 Å². The van der Waals surface area contributed by atoms with Crippen molar-refractivity contribution in [3.05, 3.63) is 81.4 Å². The first-order valence-electron chi connectivity index (χ1n) is 7.42. The molecule has 1 aliphatic heterocycles. The third kappa shape index (κ3) is 3.45. The molecule has 0 saturated heterocycles. The van der Waals surface area contributed by atoms with E-state index in [0.717, 1.165) is 6.42 Å². The first kappa shape index (κ1) is 15.0. The second-order valence-electron chi connectivity index (χ2n) is 5.46. The number of carbonyl (C=O) groups excluding carboxylic acids is 1. The molecule has 2 aromatic rings. The molecule has 0 fully saturated rings. The fourth-order valence-corrected chi connectivity index (χ4v) is 2.70. The Morgan fingerprint density at radius 3 is 2.70 bits per heavy atom. The molecule has 0 radical (unpaired) electrons. The lowest BCUT2D eigenvalue weighted by atomic mass is 10.00. The van der Waals surface area contributed by atoms with Crippen LogP contribution in [0.25, 0.3) is 6.08 Å². The highest BCUT2D eigenvalue weighted by Gasteiger charge is 2.18. The van der Waals surface area contributed by atoms with Crippen LogP contribution in [0.5, 0.6) is 0 Å². The van der Waals surface area contributed by atoms with Crippen LogP contribution in [0.2, 0.25) is 0 Å². The van der Waals surface area contributed by atoms with Crippen molar-refractivity contribution in [1.29, 1.82) is 0 Å². The SMILES string of the molecule is O=C(C=Cc1cccc([N+](=O)[O-])c1)N1CCc2ccccc2C1. The van der Waals surface area contributed by atoms with Gasteiger partial charge in [-0.3, -0.25) is 14.9 Å². The van der Waals surface area contributed by atoms with Gasteiger partial charge >= 0.3 is 0 Å². The molecular weight excluding hydrogens is 292 g/mol. The van der Waals surface area contributed by atoms with E-state index in [0.29, 0.717) is 18.7 Å². The summed E-state index contributed by atoms with van der Waals surface area (Å²) in [5, 5.41) is 10.8. The molecular formula is C18H16N2O3. The van der Waals surface area contributed by atoms with E-state index >= 15 is 0 Å². The summed E-state index contributed by atoms with van der Waals surface area (Å²) in [5.41, 5.74) is 3.13.